The van der Waals surface area contributed by atoms with Crippen molar-refractivity contribution in [2.45, 2.75) is 30.9 Å². The number of benzene rings is 1. The van der Waals surface area contributed by atoms with Gasteiger partial charge in [0.15, 0.2) is 5.84 Å². The number of hydrogen-bond donors (Lipinski definition) is 0. The Bertz CT molecular complexity index is 790. The van der Waals surface area contributed by atoms with Gasteiger partial charge in [-0.1, -0.05) is 12.1 Å². The van der Waals surface area contributed by atoms with Gasteiger partial charge in [0.05, 0.1) is 25.3 Å². The van der Waals surface area contributed by atoms with Gasteiger partial charge >= 0.3 is 0 Å². The molecule has 0 radical (unpaired) electrons. The first-order valence-corrected chi connectivity index (χ1v) is 9.30. The van der Waals surface area contributed by atoms with E-state index in [9.17, 15) is 13.2 Å². The van der Waals surface area contributed by atoms with E-state index >= 15 is 0 Å². The highest BCUT2D eigenvalue weighted by Gasteiger charge is 2.33. The Hall–Kier alpha value is -1.93. The Morgan fingerprint density at radius 2 is 2.08 bits per heavy atom. The molecule has 2 atom stereocenters. The number of rotatable bonds is 2. The number of morpholine rings is 1. The summed E-state index contributed by atoms with van der Waals surface area (Å²) in [5.41, 5.74) is 0.538. The molecule has 7 nitrogen and oxygen atoms in total. The van der Waals surface area contributed by atoms with Crippen LogP contribution >= 0.6 is 0 Å². The van der Waals surface area contributed by atoms with E-state index in [4.69, 9.17) is 4.74 Å². The minimum absolute atomic E-state index is 0.000353. The van der Waals surface area contributed by atoms with E-state index in [1.807, 2.05) is 13.8 Å². The number of fused-ring (bicyclic) bond motifs is 1. The van der Waals surface area contributed by atoms with Crippen LogP contribution in [0.15, 0.2) is 33.6 Å². The smallest absolute Gasteiger partial charge is 0.285 e. The zero-order chi connectivity index (χ0) is 17.5. The van der Waals surface area contributed by atoms with Crippen molar-refractivity contribution in [3.05, 3.63) is 29.8 Å². The summed E-state index contributed by atoms with van der Waals surface area (Å²) in [6, 6.07) is 6.67. The SMILES string of the molecule is CC1CN(C(=O)CN(C)C2=NS(=O)(=O)c3ccccc32)C(C)CO1. The van der Waals surface area contributed by atoms with Crippen LogP contribution in [-0.2, 0) is 19.6 Å². The van der Waals surface area contributed by atoms with Gasteiger partial charge in [-0.3, -0.25) is 4.79 Å². The van der Waals surface area contributed by atoms with Gasteiger partial charge in [0.25, 0.3) is 10.0 Å². The summed E-state index contributed by atoms with van der Waals surface area (Å²) in [5.74, 6) is 0.248. The summed E-state index contributed by atoms with van der Waals surface area (Å²) in [6.45, 7) is 4.99. The molecule has 2 aliphatic heterocycles. The normalized spacial score (nSPS) is 25.1. The highest BCUT2D eigenvalue weighted by Crippen LogP contribution is 2.27. The van der Waals surface area contributed by atoms with E-state index in [2.05, 4.69) is 4.40 Å². The summed E-state index contributed by atoms with van der Waals surface area (Å²) in [5, 5.41) is 0. The van der Waals surface area contributed by atoms with Crippen molar-refractivity contribution in [1.29, 1.82) is 0 Å². The molecule has 2 aliphatic rings. The molecule has 0 aliphatic carbocycles. The number of carbonyl (C=O) groups excluding carboxylic acids is 1. The Balaban J connectivity index is 1.78. The summed E-state index contributed by atoms with van der Waals surface area (Å²) in [4.78, 5) is 16.2. The monoisotopic (exact) mass is 351 g/mol. The summed E-state index contributed by atoms with van der Waals surface area (Å²) >= 11 is 0. The van der Waals surface area contributed by atoms with Crippen LogP contribution in [0.3, 0.4) is 0 Å². The van der Waals surface area contributed by atoms with Crippen LogP contribution in [0, 0.1) is 0 Å². The molecule has 1 saturated heterocycles. The van der Waals surface area contributed by atoms with E-state index in [-0.39, 0.29) is 29.5 Å². The number of sulfonamides is 1. The molecule has 8 heteroatoms. The minimum Gasteiger partial charge on any atom is -0.375 e. The van der Waals surface area contributed by atoms with Crippen LogP contribution in [0.2, 0.25) is 0 Å². The van der Waals surface area contributed by atoms with Gasteiger partial charge in [-0.15, -0.1) is 4.40 Å². The highest BCUT2D eigenvalue weighted by atomic mass is 32.2. The zero-order valence-electron chi connectivity index (χ0n) is 14.0. The van der Waals surface area contributed by atoms with Crippen LogP contribution in [0.25, 0.3) is 0 Å². The largest absolute Gasteiger partial charge is 0.375 e. The second-order valence-electron chi connectivity index (χ2n) is 6.28. The molecule has 0 N–H and O–H groups in total. The molecule has 1 aromatic rings. The maximum Gasteiger partial charge on any atom is 0.285 e. The average molecular weight is 351 g/mol. The lowest BCUT2D eigenvalue weighted by Crippen LogP contribution is -2.53. The van der Waals surface area contributed by atoms with Gasteiger partial charge in [0.1, 0.15) is 4.90 Å². The molecule has 24 heavy (non-hydrogen) atoms. The molecule has 1 fully saturated rings. The molecular formula is C16H21N3O4S. The molecule has 1 aromatic carbocycles. The minimum atomic E-state index is -3.68. The van der Waals surface area contributed by atoms with Crippen molar-refractivity contribution in [3.8, 4) is 0 Å². The molecule has 130 valence electrons. The van der Waals surface area contributed by atoms with Gasteiger partial charge in [0.2, 0.25) is 5.91 Å². The van der Waals surface area contributed by atoms with Gasteiger partial charge in [-0.2, -0.15) is 8.42 Å². The molecule has 0 aromatic heterocycles. The molecule has 2 heterocycles. The summed E-state index contributed by atoms with van der Waals surface area (Å²) in [6.07, 6.45) is 0.000353. The van der Waals surface area contributed by atoms with Crippen LogP contribution in [0.4, 0.5) is 0 Å². The van der Waals surface area contributed by atoms with Gasteiger partial charge in [0, 0.05) is 19.2 Å². The molecule has 1 amide bonds. The fourth-order valence-corrected chi connectivity index (χ4v) is 4.23. The van der Waals surface area contributed by atoms with Crippen LogP contribution in [0.5, 0.6) is 0 Å². The van der Waals surface area contributed by atoms with Crippen molar-refractivity contribution in [3.63, 3.8) is 0 Å². The quantitative estimate of drug-likeness (QED) is 0.784. The lowest BCUT2D eigenvalue weighted by atomic mass is 10.2. The third kappa shape index (κ3) is 3.03. The number of nitrogens with zero attached hydrogens (tertiary/aromatic N) is 3. The Morgan fingerprint density at radius 1 is 1.38 bits per heavy atom. The number of ether oxygens (including phenoxy) is 1. The molecule has 2 unspecified atom stereocenters. The van der Waals surface area contributed by atoms with Crippen LogP contribution < -0.4 is 0 Å². The third-order valence-electron chi connectivity index (χ3n) is 4.27. The van der Waals surface area contributed by atoms with Crippen molar-refractivity contribution in [2.75, 3.05) is 26.7 Å². The van der Waals surface area contributed by atoms with E-state index in [0.717, 1.165) is 0 Å². The van der Waals surface area contributed by atoms with Gasteiger partial charge in [-0.25, -0.2) is 0 Å². The number of hydrogen-bond acceptors (Lipinski definition) is 5. The van der Waals surface area contributed by atoms with Crippen LogP contribution in [0.1, 0.15) is 19.4 Å². The molecular weight excluding hydrogens is 330 g/mol. The predicted molar refractivity (Wildman–Crippen MR) is 89.4 cm³/mol. The fourth-order valence-electron chi connectivity index (χ4n) is 2.98. The molecule has 3 rings (SSSR count). The fraction of sp³-hybridized carbons (Fsp3) is 0.500. The molecule has 0 saturated carbocycles. The number of carbonyl (C=O) groups is 1. The van der Waals surface area contributed by atoms with E-state index < -0.39 is 10.0 Å². The van der Waals surface area contributed by atoms with Crippen molar-refractivity contribution < 1.29 is 17.9 Å². The zero-order valence-corrected chi connectivity index (χ0v) is 14.8. The topological polar surface area (TPSA) is 79.3 Å². The molecule has 0 spiro atoms. The summed E-state index contributed by atoms with van der Waals surface area (Å²) < 4.78 is 33.6. The third-order valence-corrected chi connectivity index (χ3v) is 5.60. The average Bonchev–Trinajstić information content (AvgIpc) is 2.82. The van der Waals surface area contributed by atoms with Crippen LogP contribution in [-0.4, -0.2) is 68.9 Å². The second-order valence-corrected chi connectivity index (χ2v) is 7.85. The lowest BCUT2D eigenvalue weighted by Gasteiger charge is -2.37. The standard InChI is InChI=1S/C16H21N3O4S/c1-11-10-23-12(2)8-19(11)15(20)9-18(3)16-13-6-4-5-7-14(13)24(21,22)17-16/h4-7,11-12H,8-10H2,1-3H3. The van der Waals surface area contributed by atoms with Gasteiger partial charge < -0.3 is 14.5 Å². The summed E-state index contributed by atoms with van der Waals surface area (Å²) in [7, 11) is -2.00. The van der Waals surface area contributed by atoms with E-state index in [1.54, 1.807) is 35.0 Å². The first-order valence-electron chi connectivity index (χ1n) is 7.86. The second kappa shape index (κ2) is 6.18. The first-order chi connectivity index (χ1) is 11.3. The van der Waals surface area contributed by atoms with Crippen molar-refractivity contribution >= 4 is 21.8 Å². The number of amides is 1. The maximum atomic E-state index is 12.6. The number of amidine groups is 1. The van der Waals surface area contributed by atoms with Gasteiger partial charge in [-0.05, 0) is 26.0 Å². The first kappa shape index (κ1) is 16.9. The van der Waals surface area contributed by atoms with Crippen molar-refractivity contribution in [1.82, 2.24) is 9.80 Å². The lowest BCUT2D eigenvalue weighted by molar-refractivity contribution is -0.143. The van der Waals surface area contributed by atoms with E-state index in [0.29, 0.717) is 24.6 Å². The Morgan fingerprint density at radius 3 is 2.83 bits per heavy atom. The van der Waals surface area contributed by atoms with E-state index in [1.165, 1.54) is 6.07 Å². The Labute approximate surface area is 142 Å². The van der Waals surface area contributed by atoms with Crippen molar-refractivity contribution in [2.24, 2.45) is 4.40 Å². The maximum absolute atomic E-state index is 12.6. The Kier molecular flexibility index (Phi) is 4.35. The molecule has 0 bridgehead atoms. The highest BCUT2D eigenvalue weighted by molar-refractivity contribution is 7.90. The number of likely N-dealkylation sites (N-methyl/N-ethyl adjacent to an activating group) is 1. The predicted octanol–water partition coefficient (Wildman–Crippen LogP) is 0.703.